The van der Waals surface area contributed by atoms with Crippen molar-refractivity contribution in [2.24, 2.45) is 11.8 Å². The van der Waals surface area contributed by atoms with Gasteiger partial charge in [-0.05, 0) is 49.4 Å². The van der Waals surface area contributed by atoms with E-state index in [4.69, 9.17) is 4.74 Å². The maximum atomic E-state index is 13.4. The van der Waals surface area contributed by atoms with E-state index in [0.717, 1.165) is 12.5 Å². The molecule has 1 saturated heterocycles. The van der Waals surface area contributed by atoms with E-state index in [1.165, 1.54) is 12.1 Å². The molecule has 1 aliphatic heterocycles. The molecule has 0 amide bonds. The van der Waals surface area contributed by atoms with Crippen LogP contribution in [0.3, 0.4) is 0 Å². The monoisotopic (exact) mass is 380 g/mol. The first-order valence-corrected chi connectivity index (χ1v) is 9.13. The first-order valence-electron chi connectivity index (χ1n) is 9.13. The van der Waals surface area contributed by atoms with Gasteiger partial charge in [0.05, 0.1) is 17.7 Å². The van der Waals surface area contributed by atoms with Crippen molar-refractivity contribution in [3.05, 3.63) is 35.5 Å². The number of halogens is 3. The number of piperidine rings is 1. The van der Waals surface area contributed by atoms with E-state index >= 15 is 0 Å². The van der Waals surface area contributed by atoms with Crippen molar-refractivity contribution in [1.82, 2.24) is 4.98 Å². The van der Waals surface area contributed by atoms with Gasteiger partial charge < -0.3 is 9.64 Å². The highest BCUT2D eigenvalue weighted by Gasteiger charge is 2.34. The summed E-state index contributed by atoms with van der Waals surface area (Å²) in [7, 11) is 0. The van der Waals surface area contributed by atoms with Crippen LogP contribution in [0.15, 0.2) is 24.3 Å². The average molecular weight is 380 g/mol. The quantitative estimate of drug-likeness (QED) is 0.710. The summed E-state index contributed by atoms with van der Waals surface area (Å²) in [6, 6.07) is 5.59. The summed E-state index contributed by atoms with van der Waals surface area (Å²) in [5, 5.41) is 0.537. The molecule has 1 aromatic carbocycles. The van der Waals surface area contributed by atoms with E-state index in [-0.39, 0.29) is 12.1 Å². The summed E-state index contributed by atoms with van der Waals surface area (Å²) >= 11 is 0. The van der Waals surface area contributed by atoms with E-state index in [2.05, 4.69) is 18.8 Å². The van der Waals surface area contributed by atoms with Gasteiger partial charge in [0, 0.05) is 24.2 Å². The number of rotatable bonds is 3. The van der Waals surface area contributed by atoms with Crippen molar-refractivity contribution in [3.63, 3.8) is 0 Å². The normalized spacial score (nSPS) is 20.7. The van der Waals surface area contributed by atoms with Crippen molar-refractivity contribution in [2.75, 3.05) is 24.6 Å². The Morgan fingerprint density at radius 1 is 1.22 bits per heavy atom. The number of ether oxygens (including phenoxy) is 1. The second-order valence-corrected chi connectivity index (χ2v) is 7.33. The van der Waals surface area contributed by atoms with Crippen LogP contribution in [0.1, 0.15) is 43.2 Å². The Balaban J connectivity index is 2.16. The largest absolute Gasteiger partial charge is 0.462 e. The molecule has 0 bridgehead atoms. The van der Waals surface area contributed by atoms with Gasteiger partial charge in [-0.1, -0.05) is 13.8 Å². The number of hydrogen-bond donors (Lipinski definition) is 0. The minimum absolute atomic E-state index is 0.221. The Kier molecular flexibility index (Phi) is 5.31. The predicted molar refractivity (Wildman–Crippen MR) is 97.9 cm³/mol. The molecule has 0 radical (unpaired) electrons. The number of nitrogens with zero attached hydrogens (tertiary/aromatic N) is 2. The maximum Gasteiger partial charge on any atom is 0.433 e. The van der Waals surface area contributed by atoms with Gasteiger partial charge in [-0.25, -0.2) is 9.78 Å². The third-order valence-corrected chi connectivity index (χ3v) is 4.80. The van der Waals surface area contributed by atoms with Crippen molar-refractivity contribution in [1.29, 1.82) is 0 Å². The number of hydrogen-bond acceptors (Lipinski definition) is 4. The number of esters is 1. The molecule has 1 fully saturated rings. The zero-order chi connectivity index (χ0) is 19.8. The summed E-state index contributed by atoms with van der Waals surface area (Å²) < 4.78 is 45.1. The first kappa shape index (κ1) is 19.5. The van der Waals surface area contributed by atoms with Crippen molar-refractivity contribution in [3.8, 4) is 0 Å². The van der Waals surface area contributed by atoms with Crippen LogP contribution in [-0.4, -0.2) is 30.6 Å². The summed E-state index contributed by atoms with van der Waals surface area (Å²) in [5.74, 6) is 0.254. The molecule has 0 N–H and O–H groups in total. The van der Waals surface area contributed by atoms with Crippen LogP contribution >= 0.6 is 0 Å². The summed E-state index contributed by atoms with van der Waals surface area (Å²) in [5.41, 5.74) is 0.0839. The minimum Gasteiger partial charge on any atom is -0.462 e. The number of fused-ring (bicyclic) bond motifs is 1. The molecule has 0 unspecified atom stereocenters. The van der Waals surface area contributed by atoms with Gasteiger partial charge in [-0.2, -0.15) is 13.2 Å². The van der Waals surface area contributed by atoms with Gasteiger partial charge in [0.25, 0.3) is 0 Å². The molecule has 1 aromatic heterocycles. The lowest BCUT2D eigenvalue weighted by Gasteiger charge is -2.37. The number of benzene rings is 1. The Morgan fingerprint density at radius 3 is 2.48 bits per heavy atom. The van der Waals surface area contributed by atoms with Crippen LogP contribution in [-0.2, 0) is 10.9 Å². The number of carbonyl (C=O) groups is 1. The summed E-state index contributed by atoms with van der Waals surface area (Å²) in [6.45, 7) is 7.48. The van der Waals surface area contributed by atoms with Crippen LogP contribution in [0.25, 0.3) is 10.9 Å². The third kappa shape index (κ3) is 4.17. The van der Waals surface area contributed by atoms with Crippen molar-refractivity contribution < 1.29 is 22.7 Å². The smallest absolute Gasteiger partial charge is 0.433 e. The average Bonchev–Trinajstić information content (AvgIpc) is 2.58. The van der Waals surface area contributed by atoms with Crippen LogP contribution in [0.4, 0.5) is 18.9 Å². The molecule has 4 nitrogen and oxygen atoms in total. The zero-order valence-corrected chi connectivity index (χ0v) is 15.6. The molecule has 0 aliphatic carbocycles. The molecule has 2 aromatic rings. The minimum atomic E-state index is -4.53. The molecule has 1 aliphatic rings. The van der Waals surface area contributed by atoms with Gasteiger partial charge in [0.1, 0.15) is 5.69 Å². The standard InChI is InChI=1S/C20H23F3N2O2/c1-4-27-19(26)14-5-6-16-15(8-14)17(9-18(24-16)20(21,22)23)25-10-12(2)7-13(3)11-25/h5-6,8-9,12-13H,4,7,10-11H2,1-3H3/t12-,13-/m1/s1. The molecule has 3 rings (SSSR count). The van der Waals surface area contributed by atoms with E-state index in [1.54, 1.807) is 13.0 Å². The first-order chi connectivity index (χ1) is 12.7. The van der Waals surface area contributed by atoms with Crippen LogP contribution in [0, 0.1) is 11.8 Å². The van der Waals surface area contributed by atoms with Gasteiger partial charge in [0.15, 0.2) is 0 Å². The fourth-order valence-corrected chi connectivity index (χ4v) is 3.82. The van der Waals surface area contributed by atoms with Gasteiger partial charge in [0.2, 0.25) is 0 Å². The Bertz CT molecular complexity index is 841. The molecular formula is C20H23F3N2O2. The van der Waals surface area contributed by atoms with Crippen LogP contribution < -0.4 is 4.90 Å². The summed E-state index contributed by atoms with van der Waals surface area (Å²) in [4.78, 5) is 17.8. The molecule has 146 valence electrons. The second-order valence-electron chi connectivity index (χ2n) is 7.33. The maximum absolute atomic E-state index is 13.4. The van der Waals surface area contributed by atoms with Crippen LogP contribution in [0.2, 0.25) is 0 Å². The molecule has 27 heavy (non-hydrogen) atoms. The molecule has 2 heterocycles. The summed E-state index contributed by atoms with van der Waals surface area (Å²) in [6.07, 6.45) is -3.49. The third-order valence-electron chi connectivity index (χ3n) is 4.80. The highest BCUT2D eigenvalue weighted by Crippen LogP contribution is 2.37. The van der Waals surface area contributed by atoms with E-state index in [9.17, 15) is 18.0 Å². The van der Waals surface area contributed by atoms with Gasteiger partial charge in [-0.15, -0.1) is 0 Å². The molecular weight excluding hydrogens is 357 g/mol. The topological polar surface area (TPSA) is 42.4 Å². The van der Waals surface area contributed by atoms with Gasteiger partial charge >= 0.3 is 12.1 Å². The highest BCUT2D eigenvalue weighted by atomic mass is 19.4. The number of alkyl halides is 3. The molecule has 0 saturated carbocycles. The highest BCUT2D eigenvalue weighted by molar-refractivity contribution is 5.99. The lowest BCUT2D eigenvalue weighted by atomic mass is 9.91. The Morgan fingerprint density at radius 2 is 1.89 bits per heavy atom. The molecule has 7 heteroatoms. The number of anilines is 1. The fraction of sp³-hybridized carbons (Fsp3) is 0.500. The van der Waals surface area contributed by atoms with E-state index < -0.39 is 17.8 Å². The number of carbonyl (C=O) groups excluding carboxylic acids is 1. The van der Waals surface area contributed by atoms with E-state index in [1.807, 2.05) is 4.90 Å². The lowest BCUT2D eigenvalue weighted by Crippen LogP contribution is -2.39. The van der Waals surface area contributed by atoms with Gasteiger partial charge in [-0.3, -0.25) is 0 Å². The molecule has 2 atom stereocenters. The zero-order valence-electron chi connectivity index (χ0n) is 15.6. The SMILES string of the molecule is CCOC(=O)c1ccc2nc(C(F)(F)F)cc(N3C[C@H](C)C[C@@H](C)C3)c2c1. The van der Waals surface area contributed by atoms with Crippen molar-refractivity contribution >= 4 is 22.6 Å². The van der Waals surface area contributed by atoms with Crippen LogP contribution in [0.5, 0.6) is 0 Å². The Labute approximate surface area is 156 Å². The van der Waals surface area contributed by atoms with Crippen molar-refractivity contribution in [2.45, 2.75) is 33.4 Å². The Hall–Kier alpha value is -2.31. The fourth-order valence-electron chi connectivity index (χ4n) is 3.82. The number of aromatic nitrogens is 1. The van der Waals surface area contributed by atoms with E-state index in [0.29, 0.717) is 41.6 Å². The predicted octanol–water partition coefficient (Wildman–Crippen LogP) is 4.91. The molecule has 0 spiro atoms. The second kappa shape index (κ2) is 7.37. The lowest BCUT2D eigenvalue weighted by molar-refractivity contribution is -0.140. The number of pyridine rings is 1.